The molecule has 1 unspecified atom stereocenters. The van der Waals surface area contributed by atoms with Crippen LogP contribution in [0.15, 0.2) is 48.5 Å². The van der Waals surface area contributed by atoms with E-state index in [2.05, 4.69) is 10.6 Å². The zero-order chi connectivity index (χ0) is 23.3. The number of hydrogen-bond acceptors (Lipinski definition) is 4. The molecule has 0 radical (unpaired) electrons. The van der Waals surface area contributed by atoms with Gasteiger partial charge in [-0.2, -0.15) is 0 Å². The third kappa shape index (κ3) is 5.97. The minimum atomic E-state index is -0.699. The molecule has 0 aromatic heterocycles. The smallest absolute Gasteiger partial charge is 0.408 e. The second-order valence-electron chi connectivity index (χ2n) is 8.81. The quantitative estimate of drug-likeness (QED) is 0.661. The van der Waals surface area contributed by atoms with Gasteiger partial charge < -0.3 is 25.4 Å². The maximum Gasteiger partial charge on any atom is 0.408 e. The average Bonchev–Trinajstić information content (AvgIpc) is 2.75. The van der Waals surface area contributed by atoms with E-state index in [0.717, 1.165) is 16.7 Å². The third-order valence-electron chi connectivity index (χ3n) is 5.17. The van der Waals surface area contributed by atoms with E-state index in [9.17, 15) is 19.1 Å². The molecule has 3 amide bonds. The first-order valence-electron chi connectivity index (χ1n) is 10.7. The number of benzene rings is 2. The van der Waals surface area contributed by atoms with Crippen molar-refractivity contribution in [3.05, 3.63) is 71.0 Å². The van der Waals surface area contributed by atoms with E-state index in [0.29, 0.717) is 13.0 Å². The van der Waals surface area contributed by atoms with E-state index >= 15 is 0 Å². The largest absolute Gasteiger partial charge is 0.444 e. The van der Waals surface area contributed by atoms with Crippen LogP contribution in [0.4, 0.5) is 14.0 Å². The lowest BCUT2D eigenvalue weighted by Crippen LogP contribution is -2.51. The number of fused-ring (bicyclic) bond motifs is 1. The number of aliphatic hydroxyl groups is 1. The lowest BCUT2D eigenvalue weighted by atomic mass is 9.88. The number of aliphatic hydroxyl groups excluding tert-OH is 1. The molecule has 2 aromatic carbocycles. The van der Waals surface area contributed by atoms with E-state index in [-0.39, 0.29) is 31.0 Å². The number of amides is 3. The summed E-state index contributed by atoms with van der Waals surface area (Å²) in [5.41, 5.74) is 2.27. The normalized spacial score (nSPS) is 16.7. The minimum absolute atomic E-state index is 0.0306. The molecule has 0 bridgehead atoms. The SMILES string of the molecule is CC(C)(C)OC(=O)NC(CO)CNC(=O)N1CCc2ccccc2[C@@H]1c1ccc(F)cc1. The van der Waals surface area contributed by atoms with Crippen molar-refractivity contribution in [1.29, 1.82) is 0 Å². The number of carbonyl (C=O) groups is 2. The molecule has 0 aliphatic carbocycles. The van der Waals surface area contributed by atoms with Crippen LogP contribution in [0.2, 0.25) is 0 Å². The van der Waals surface area contributed by atoms with Crippen molar-refractivity contribution in [2.24, 2.45) is 0 Å². The molecule has 1 aliphatic rings. The van der Waals surface area contributed by atoms with E-state index in [4.69, 9.17) is 4.74 Å². The molecule has 0 saturated heterocycles. The summed E-state index contributed by atoms with van der Waals surface area (Å²) in [6.07, 6.45) is 0.0304. The van der Waals surface area contributed by atoms with Gasteiger partial charge in [0.2, 0.25) is 0 Å². The van der Waals surface area contributed by atoms with Crippen LogP contribution in [-0.2, 0) is 11.2 Å². The number of hydrogen-bond donors (Lipinski definition) is 3. The number of halogens is 1. The highest BCUT2D eigenvalue weighted by molar-refractivity contribution is 5.76. The molecule has 7 nitrogen and oxygen atoms in total. The number of nitrogens with one attached hydrogen (secondary N) is 2. The highest BCUT2D eigenvalue weighted by Crippen LogP contribution is 2.35. The van der Waals surface area contributed by atoms with Gasteiger partial charge in [-0.1, -0.05) is 36.4 Å². The first-order chi connectivity index (χ1) is 15.2. The first-order valence-corrected chi connectivity index (χ1v) is 10.7. The number of urea groups is 1. The van der Waals surface area contributed by atoms with Crippen molar-refractivity contribution >= 4 is 12.1 Å². The maximum atomic E-state index is 13.5. The topological polar surface area (TPSA) is 90.9 Å². The fourth-order valence-corrected chi connectivity index (χ4v) is 3.74. The second-order valence-corrected chi connectivity index (χ2v) is 8.81. The first kappa shape index (κ1) is 23.5. The van der Waals surface area contributed by atoms with Crippen LogP contribution in [0.3, 0.4) is 0 Å². The Morgan fingerprint density at radius 2 is 1.88 bits per heavy atom. The van der Waals surface area contributed by atoms with Gasteiger partial charge in [-0.25, -0.2) is 14.0 Å². The van der Waals surface area contributed by atoms with Crippen LogP contribution in [-0.4, -0.2) is 53.5 Å². The molecule has 172 valence electrons. The Morgan fingerprint density at radius 1 is 1.19 bits per heavy atom. The van der Waals surface area contributed by atoms with Crippen LogP contribution in [0.25, 0.3) is 0 Å². The van der Waals surface area contributed by atoms with Gasteiger partial charge in [-0.15, -0.1) is 0 Å². The van der Waals surface area contributed by atoms with Crippen molar-refractivity contribution in [3.8, 4) is 0 Å². The molecule has 2 atom stereocenters. The van der Waals surface area contributed by atoms with Gasteiger partial charge in [0.15, 0.2) is 0 Å². The van der Waals surface area contributed by atoms with Crippen molar-refractivity contribution in [1.82, 2.24) is 15.5 Å². The van der Waals surface area contributed by atoms with Gasteiger partial charge in [0.05, 0.1) is 18.7 Å². The molecule has 3 rings (SSSR count). The molecule has 2 aromatic rings. The Labute approximate surface area is 187 Å². The molecule has 0 saturated carbocycles. The molecule has 0 spiro atoms. The summed E-state index contributed by atoms with van der Waals surface area (Å²) in [5, 5.41) is 15.0. The lowest BCUT2D eigenvalue weighted by Gasteiger charge is -2.38. The van der Waals surface area contributed by atoms with Crippen molar-refractivity contribution < 1.29 is 23.8 Å². The van der Waals surface area contributed by atoms with Crippen molar-refractivity contribution in [3.63, 3.8) is 0 Å². The lowest BCUT2D eigenvalue weighted by molar-refractivity contribution is 0.0482. The van der Waals surface area contributed by atoms with Gasteiger partial charge >= 0.3 is 12.1 Å². The van der Waals surface area contributed by atoms with E-state index in [1.807, 2.05) is 24.3 Å². The van der Waals surface area contributed by atoms with Crippen LogP contribution in [0.5, 0.6) is 0 Å². The summed E-state index contributed by atoms with van der Waals surface area (Å²) in [7, 11) is 0. The molecular weight excluding hydrogens is 413 g/mol. The fourth-order valence-electron chi connectivity index (χ4n) is 3.74. The molecule has 3 N–H and O–H groups in total. The predicted octanol–water partition coefficient (Wildman–Crippen LogP) is 3.37. The molecule has 1 aliphatic heterocycles. The molecule has 0 fully saturated rings. The number of rotatable bonds is 5. The molecule has 1 heterocycles. The molecular formula is C24H30FN3O4. The fraction of sp³-hybridized carbons (Fsp3) is 0.417. The standard InChI is InChI=1S/C24H30FN3O4/c1-24(2,3)32-23(31)27-19(15-29)14-26-22(30)28-13-12-16-6-4-5-7-20(16)21(28)17-8-10-18(25)11-9-17/h4-11,19,21,29H,12-15H2,1-3H3,(H,26,30)(H,27,31)/t19?,21-/m0/s1. The Bertz CT molecular complexity index is 943. The summed E-state index contributed by atoms with van der Waals surface area (Å²) in [4.78, 5) is 26.8. The zero-order valence-electron chi connectivity index (χ0n) is 18.6. The van der Waals surface area contributed by atoms with Gasteiger partial charge in [0, 0.05) is 13.1 Å². The van der Waals surface area contributed by atoms with E-state index in [1.54, 1.807) is 37.8 Å². The van der Waals surface area contributed by atoms with Crippen LogP contribution in [0, 0.1) is 5.82 Å². The highest BCUT2D eigenvalue weighted by Gasteiger charge is 2.32. The Balaban J connectivity index is 1.73. The van der Waals surface area contributed by atoms with Gasteiger partial charge in [-0.05, 0) is 56.0 Å². The number of ether oxygens (including phenoxy) is 1. The summed E-state index contributed by atoms with van der Waals surface area (Å²) < 4.78 is 18.7. The third-order valence-corrected chi connectivity index (χ3v) is 5.17. The highest BCUT2D eigenvalue weighted by atomic mass is 19.1. The summed E-state index contributed by atoms with van der Waals surface area (Å²) in [6, 6.07) is 12.6. The Kier molecular flexibility index (Phi) is 7.35. The van der Waals surface area contributed by atoms with Crippen LogP contribution < -0.4 is 10.6 Å². The predicted molar refractivity (Wildman–Crippen MR) is 119 cm³/mol. The van der Waals surface area contributed by atoms with Crippen molar-refractivity contribution in [2.45, 2.75) is 44.9 Å². The number of alkyl carbamates (subject to hydrolysis) is 1. The summed E-state index contributed by atoms with van der Waals surface area (Å²) in [6.45, 7) is 5.38. The number of nitrogens with zero attached hydrogens (tertiary/aromatic N) is 1. The van der Waals surface area contributed by atoms with Crippen LogP contribution in [0.1, 0.15) is 43.5 Å². The van der Waals surface area contributed by atoms with Gasteiger partial charge in [-0.3, -0.25) is 0 Å². The van der Waals surface area contributed by atoms with Gasteiger partial charge in [0.25, 0.3) is 0 Å². The molecule has 32 heavy (non-hydrogen) atoms. The summed E-state index contributed by atoms with van der Waals surface area (Å²) >= 11 is 0. The van der Waals surface area contributed by atoms with Crippen LogP contribution >= 0.6 is 0 Å². The van der Waals surface area contributed by atoms with E-state index < -0.39 is 17.7 Å². The average molecular weight is 444 g/mol. The second kappa shape index (κ2) is 9.99. The number of carbonyl (C=O) groups excluding carboxylic acids is 2. The zero-order valence-corrected chi connectivity index (χ0v) is 18.6. The monoisotopic (exact) mass is 443 g/mol. The Morgan fingerprint density at radius 3 is 2.53 bits per heavy atom. The molecule has 8 heteroatoms. The van der Waals surface area contributed by atoms with E-state index in [1.165, 1.54) is 12.1 Å². The maximum absolute atomic E-state index is 13.5. The minimum Gasteiger partial charge on any atom is -0.444 e. The van der Waals surface area contributed by atoms with Gasteiger partial charge in [0.1, 0.15) is 11.4 Å². The summed E-state index contributed by atoms with van der Waals surface area (Å²) in [5.74, 6) is -0.340. The van der Waals surface area contributed by atoms with Crippen molar-refractivity contribution in [2.75, 3.05) is 19.7 Å². The Hall–Kier alpha value is -3.13.